The normalized spacial score (nSPS) is 12.3. The molecule has 0 bridgehead atoms. The van der Waals surface area contributed by atoms with Gasteiger partial charge in [0.15, 0.2) is 5.65 Å². The molecule has 0 radical (unpaired) electrons. The first kappa shape index (κ1) is 28.3. The molecule has 5 aromatic heterocycles. The minimum atomic E-state index is 0.423. The van der Waals surface area contributed by atoms with Gasteiger partial charge in [0.05, 0.1) is 17.4 Å². The van der Waals surface area contributed by atoms with Crippen molar-refractivity contribution in [3.63, 3.8) is 0 Å². The van der Waals surface area contributed by atoms with Gasteiger partial charge in [0, 0.05) is 23.2 Å². The summed E-state index contributed by atoms with van der Waals surface area (Å²) in [5.74, 6) is 0.423. The Morgan fingerprint density at radius 3 is 2.27 bits per heavy atom. The maximum Gasteiger partial charge on any atom is 0.165 e. The minimum absolute atomic E-state index is 0.423. The van der Waals surface area contributed by atoms with Crippen LogP contribution in [-0.2, 0) is 0 Å². The highest BCUT2D eigenvalue weighted by Gasteiger charge is 2.26. The number of hydrogen-bond donors (Lipinski definition) is 0. The Labute approximate surface area is 242 Å². The molecule has 0 aliphatic heterocycles. The summed E-state index contributed by atoms with van der Waals surface area (Å²) in [7, 11) is 0. The predicted octanol–water partition coefficient (Wildman–Crippen LogP) is 9.50. The van der Waals surface area contributed by atoms with E-state index in [0.29, 0.717) is 5.92 Å². The van der Waals surface area contributed by atoms with Crippen molar-refractivity contribution in [2.45, 2.75) is 80.1 Å². The molecule has 1 atom stereocenters. The van der Waals surface area contributed by atoms with Crippen LogP contribution in [0.1, 0.15) is 81.5 Å². The average Bonchev–Trinajstić information content (AvgIpc) is 3.73. The third-order valence-electron chi connectivity index (χ3n) is 8.28. The van der Waals surface area contributed by atoms with E-state index in [0.717, 1.165) is 40.1 Å². The van der Waals surface area contributed by atoms with Crippen LogP contribution in [0.15, 0.2) is 62.3 Å². The van der Waals surface area contributed by atoms with Crippen LogP contribution in [0.2, 0.25) is 0 Å². The largest absolute Gasteiger partial charge is 0.295 e. The lowest BCUT2D eigenvalue weighted by molar-refractivity contribution is 0.739. The topological polar surface area (TPSA) is 52.4 Å². The summed E-state index contributed by atoms with van der Waals surface area (Å²) in [6, 6.07) is 8.92. The molecule has 1 unspecified atom stereocenters. The van der Waals surface area contributed by atoms with Gasteiger partial charge in [-0.15, -0.1) is 13.2 Å². The van der Waals surface area contributed by atoms with E-state index < -0.39 is 0 Å². The van der Waals surface area contributed by atoms with Crippen molar-refractivity contribution in [2.24, 2.45) is 0 Å². The molecule has 0 aliphatic rings. The summed E-state index contributed by atoms with van der Waals surface area (Å²) < 4.78 is 6.70. The lowest BCUT2D eigenvalue weighted by Crippen LogP contribution is -2.06. The fourth-order valence-corrected chi connectivity index (χ4v) is 6.12. The molecular formula is C35H42N6. The maximum atomic E-state index is 4.99. The van der Waals surface area contributed by atoms with E-state index in [2.05, 4.69) is 99.3 Å². The van der Waals surface area contributed by atoms with Crippen LogP contribution in [0.25, 0.3) is 50.0 Å². The Balaban J connectivity index is 0.000000439. The molecule has 6 nitrogen and oxygen atoms in total. The van der Waals surface area contributed by atoms with Crippen LogP contribution >= 0.6 is 0 Å². The van der Waals surface area contributed by atoms with Crippen molar-refractivity contribution in [2.75, 3.05) is 0 Å². The lowest BCUT2D eigenvalue weighted by Gasteiger charge is -2.20. The highest BCUT2D eigenvalue weighted by atomic mass is 15.2. The van der Waals surface area contributed by atoms with Gasteiger partial charge >= 0.3 is 0 Å². The summed E-state index contributed by atoms with van der Waals surface area (Å²) in [5.41, 5.74) is 12.3. The monoisotopic (exact) mass is 546 g/mol. The van der Waals surface area contributed by atoms with Gasteiger partial charge in [0.25, 0.3) is 0 Å². The molecule has 41 heavy (non-hydrogen) atoms. The molecule has 5 heterocycles. The zero-order valence-corrected chi connectivity index (χ0v) is 25.6. The van der Waals surface area contributed by atoms with Crippen molar-refractivity contribution in [1.29, 1.82) is 0 Å². The molecule has 0 aliphatic carbocycles. The molecule has 212 valence electrons. The van der Waals surface area contributed by atoms with Crippen LogP contribution in [0.5, 0.6) is 0 Å². The van der Waals surface area contributed by atoms with Gasteiger partial charge in [0.2, 0.25) is 0 Å². The molecule has 0 spiro atoms. The Morgan fingerprint density at radius 1 is 0.854 bits per heavy atom. The summed E-state index contributed by atoms with van der Waals surface area (Å²) in [6.45, 7) is 21.5. The number of benzene rings is 2. The van der Waals surface area contributed by atoms with Gasteiger partial charge in [-0.2, -0.15) is 0 Å². The molecule has 2 aromatic carbocycles. The molecule has 6 heteroatoms. The smallest absolute Gasteiger partial charge is 0.165 e. The summed E-state index contributed by atoms with van der Waals surface area (Å²) in [4.78, 5) is 14.8. The molecule has 0 N–H and O–H groups in total. The molecule has 0 fully saturated rings. The first-order valence-corrected chi connectivity index (χ1v) is 14.9. The number of aromatic nitrogens is 6. The second kappa shape index (κ2) is 11.4. The number of hydrogen-bond acceptors (Lipinski definition) is 3. The van der Waals surface area contributed by atoms with Gasteiger partial charge in [-0.25, -0.2) is 15.0 Å². The van der Waals surface area contributed by atoms with Crippen LogP contribution in [0, 0.1) is 20.8 Å². The van der Waals surface area contributed by atoms with Gasteiger partial charge in [-0.05, 0) is 55.9 Å². The second-order valence-electron chi connectivity index (χ2n) is 11.0. The standard InChI is InChI=1S/C28H26N6.C5H12.C2H4/c1-6-16(3)19-12-18(5)22-24-26(33(14-31-24)20-8-7-15(2)11-17(20)4)28-30-13-21-32-10-9-29-27(32)23(19)25(22)34(21)28;1-3-5-4-2;1-2/h7-14,16H,6H2,1-5H3;3-5H2,1-2H3;1-2H2. The van der Waals surface area contributed by atoms with Gasteiger partial charge in [-0.3, -0.25) is 13.4 Å². The Morgan fingerprint density at radius 2 is 1.61 bits per heavy atom. The zero-order valence-electron chi connectivity index (χ0n) is 25.6. The van der Waals surface area contributed by atoms with Crippen LogP contribution < -0.4 is 0 Å². The number of unbranched alkanes of at least 4 members (excludes halogenated alkanes) is 2. The molecule has 7 aromatic rings. The molecule has 0 saturated carbocycles. The van der Waals surface area contributed by atoms with E-state index >= 15 is 0 Å². The molecule has 7 rings (SSSR count). The number of rotatable bonds is 5. The first-order chi connectivity index (χ1) is 19.9. The third-order valence-corrected chi connectivity index (χ3v) is 8.28. The van der Waals surface area contributed by atoms with E-state index in [1.54, 1.807) is 0 Å². The first-order valence-electron chi connectivity index (χ1n) is 14.9. The van der Waals surface area contributed by atoms with Gasteiger partial charge in [-0.1, -0.05) is 70.7 Å². The number of pyridine rings is 1. The SMILES string of the molecule is C=C.CCC(C)c1cc(C)c2c3ncn(-c4ccc(C)cc4C)c3c3ncc4n5ccnc5c1c2n34.CCCCC. The zero-order chi connectivity index (χ0) is 29.4. The van der Waals surface area contributed by atoms with Gasteiger partial charge < -0.3 is 0 Å². The van der Waals surface area contributed by atoms with Crippen molar-refractivity contribution in [3.8, 4) is 5.69 Å². The van der Waals surface area contributed by atoms with E-state index in [1.807, 2.05) is 24.9 Å². The molecular weight excluding hydrogens is 504 g/mol. The van der Waals surface area contributed by atoms with E-state index in [1.165, 1.54) is 57.8 Å². The van der Waals surface area contributed by atoms with Crippen molar-refractivity contribution < 1.29 is 0 Å². The average molecular weight is 547 g/mol. The maximum absolute atomic E-state index is 4.99. The van der Waals surface area contributed by atoms with E-state index in [4.69, 9.17) is 15.0 Å². The van der Waals surface area contributed by atoms with Crippen LogP contribution in [0.4, 0.5) is 0 Å². The highest BCUT2D eigenvalue weighted by molar-refractivity contribution is 6.19. The summed E-state index contributed by atoms with van der Waals surface area (Å²) in [5, 5.41) is 2.39. The molecule has 0 amide bonds. The van der Waals surface area contributed by atoms with Crippen molar-refractivity contribution >= 4 is 44.3 Å². The second-order valence-corrected chi connectivity index (χ2v) is 11.0. The number of imidazole rings is 3. The number of fused-ring (bicyclic) bond motifs is 6. The third kappa shape index (κ3) is 4.37. The Bertz CT molecular complexity index is 1970. The predicted molar refractivity (Wildman–Crippen MR) is 174 cm³/mol. The van der Waals surface area contributed by atoms with Crippen molar-refractivity contribution in [3.05, 3.63) is 84.6 Å². The fraction of sp³-hybridized carbons (Fsp3) is 0.343. The summed E-state index contributed by atoms with van der Waals surface area (Å²) in [6.07, 6.45) is 13.0. The number of aryl methyl sites for hydroxylation is 3. The quantitative estimate of drug-likeness (QED) is 0.202. The van der Waals surface area contributed by atoms with E-state index in [9.17, 15) is 0 Å². The fourth-order valence-electron chi connectivity index (χ4n) is 6.12. The Hall–Kier alpha value is -4.19. The molecule has 0 saturated heterocycles. The van der Waals surface area contributed by atoms with Crippen LogP contribution in [-0.4, -0.2) is 28.3 Å². The Kier molecular flexibility index (Phi) is 7.85. The number of nitrogens with zero attached hydrogens (tertiary/aromatic N) is 6. The highest BCUT2D eigenvalue weighted by Crippen LogP contribution is 2.41. The van der Waals surface area contributed by atoms with Crippen molar-refractivity contribution in [1.82, 2.24) is 28.3 Å². The lowest BCUT2D eigenvalue weighted by atomic mass is 9.90. The van der Waals surface area contributed by atoms with Gasteiger partial charge in [0.1, 0.15) is 28.7 Å². The van der Waals surface area contributed by atoms with E-state index in [-0.39, 0.29) is 0 Å². The minimum Gasteiger partial charge on any atom is -0.295 e. The van der Waals surface area contributed by atoms with Crippen LogP contribution in [0.3, 0.4) is 0 Å². The summed E-state index contributed by atoms with van der Waals surface area (Å²) >= 11 is 0.